The van der Waals surface area contributed by atoms with Crippen LogP contribution in [0.4, 0.5) is 5.69 Å². The van der Waals surface area contributed by atoms with Crippen molar-refractivity contribution < 1.29 is 4.79 Å². The molecular formula is C14H18N4O. The van der Waals surface area contributed by atoms with E-state index in [0.29, 0.717) is 12.1 Å². The topological polar surface area (TPSA) is 72.9 Å². The smallest absolute Gasteiger partial charge is 0.259 e. The van der Waals surface area contributed by atoms with Crippen LogP contribution in [0.5, 0.6) is 0 Å². The zero-order chi connectivity index (χ0) is 13.8. The molecule has 1 aromatic carbocycles. The summed E-state index contributed by atoms with van der Waals surface area (Å²) in [5, 5.41) is 7.12. The third-order valence-corrected chi connectivity index (χ3v) is 2.93. The molecule has 5 nitrogen and oxygen atoms in total. The normalized spacial score (nSPS) is 10.5. The van der Waals surface area contributed by atoms with Crippen LogP contribution in [0.15, 0.2) is 30.5 Å². The number of amides is 1. The summed E-state index contributed by atoms with van der Waals surface area (Å²) in [7, 11) is 1.81. The zero-order valence-corrected chi connectivity index (χ0v) is 11.2. The molecule has 1 aromatic heterocycles. The van der Waals surface area contributed by atoms with Gasteiger partial charge in [0.05, 0.1) is 11.3 Å². The van der Waals surface area contributed by atoms with Crippen molar-refractivity contribution in [3.05, 3.63) is 47.3 Å². The first-order chi connectivity index (χ1) is 9.13. The van der Waals surface area contributed by atoms with Crippen LogP contribution in [0.3, 0.4) is 0 Å². The lowest BCUT2D eigenvalue weighted by Gasteiger charge is -2.05. The second-order valence-corrected chi connectivity index (χ2v) is 4.37. The maximum Gasteiger partial charge on any atom is 0.259 e. The van der Waals surface area contributed by atoms with E-state index < -0.39 is 0 Å². The monoisotopic (exact) mass is 258 g/mol. The van der Waals surface area contributed by atoms with Crippen LogP contribution in [0.1, 0.15) is 28.5 Å². The molecule has 2 aromatic rings. The fourth-order valence-electron chi connectivity index (χ4n) is 1.91. The van der Waals surface area contributed by atoms with Crippen LogP contribution < -0.4 is 11.1 Å². The first-order valence-electron chi connectivity index (χ1n) is 6.27. The Labute approximate surface area is 112 Å². The Balaban J connectivity index is 2.15. The number of nitrogens with two attached hydrogens (primary N) is 1. The van der Waals surface area contributed by atoms with Gasteiger partial charge in [0.15, 0.2) is 0 Å². The molecule has 0 spiro atoms. The van der Waals surface area contributed by atoms with E-state index in [-0.39, 0.29) is 5.91 Å². The molecule has 0 radical (unpaired) electrons. The van der Waals surface area contributed by atoms with Crippen LogP contribution >= 0.6 is 0 Å². The van der Waals surface area contributed by atoms with Gasteiger partial charge in [0.25, 0.3) is 5.91 Å². The predicted molar refractivity (Wildman–Crippen MR) is 74.9 cm³/mol. The average molecular weight is 258 g/mol. The molecule has 0 saturated heterocycles. The van der Waals surface area contributed by atoms with E-state index in [1.807, 2.05) is 38.2 Å². The highest BCUT2D eigenvalue weighted by Gasteiger charge is 2.14. The van der Waals surface area contributed by atoms with Gasteiger partial charge in [-0.1, -0.05) is 19.1 Å². The van der Waals surface area contributed by atoms with E-state index in [9.17, 15) is 4.79 Å². The lowest BCUT2D eigenvalue weighted by Crippen LogP contribution is -2.13. The molecule has 0 fully saturated rings. The van der Waals surface area contributed by atoms with E-state index >= 15 is 0 Å². The number of carbonyl (C=O) groups excluding carboxylic acids is 1. The first kappa shape index (κ1) is 13.3. The van der Waals surface area contributed by atoms with Gasteiger partial charge in [-0.25, -0.2) is 0 Å². The maximum atomic E-state index is 12.2. The van der Waals surface area contributed by atoms with Gasteiger partial charge >= 0.3 is 0 Å². The summed E-state index contributed by atoms with van der Waals surface area (Å²) in [4.78, 5) is 12.2. The Kier molecular flexibility index (Phi) is 3.97. The van der Waals surface area contributed by atoms with E-state index in [0.717, 1.165) is 23.4 Å². The van der Waals surface area contributed by atoms with Crippen molar-refractivity contribution >= 4 is 11.6 Å². The van der Waals surface area contributed by atoms with Crippen molar-refractivity contribution in [1.29, 1.82) is 0 Å². The fourth-order valence-corrected chi connectivity index (χ4v) is 1.91. The number of nitrogens with one attached hydrogen (secondary N) is 1. The Bertz CT molecular complexity index is 572. The van der Waals surface area contributed by atoms with Crippen LogP contribution in [0.2, 0.25) is 0 Å². The van der Waals surface area contributed by atoms with E-state index in [1.165, 1.54) is 0 Å². The van der Waals surface area contributed by atoms with Crippen LogP contribution in [0.25, 0.3) is 0 Å². The molecule has 0 aliphatic carbocycles. The average Bonchev–Trinajstić information content (AvgIpc) is 2.81. The zero-order valence-electron chi connectivity index (χ0n) is 11.2. The molecule has 1 amide bonds. The largest absolute Gasteiger partial charge is 0.326 e. The number of hydrogen-bond donors (Lipinski definition) is 2. The third kappa shape index (κ3) is 3.00. The van der Waals surface area contributed by atoms with Crippen LogP contribution in [0, 0.1) is 0 Å². The number of anilines is 1. The SMILES string of the molecule is CCc1nn(C)cc1C(=O)Nc1ccc(CN)cc1. The van der Waals surface area contributed by atoms with Crippen LogP contribution in [-0.4, -0.2) is 15.7 Å². The molecule has 0 atom stereocenters. The number of carbonyl (C=O) groups is 1. The third-order valence-electron chi connectivity index (χ3n) is 2.93. The van der Waals surface area contributed by atoms with Crippen molar-refractivity contribution in [2.75, 3.05) is 5.32 Å². The molecule has 5 heteroatoms. The number of benzene rings is 1. The van der Waals surface area contributed by atoms with Crippen molar-refractivity contribution in [2.24, 2.45) is 12.8 Å². The molecule has 0 unspecified atom stereocenters. The van der Waals surface area contributed by atoms with Crippen molar-refractivity contribution in [3.63, 3.8) is 0 Å². The Morgan fingerprint density at radius 3 is 2.63 bits per heavy atom. The standard InChI is InChI=1S/C14H18N4O/c1-3-13-12(9-18(2)17-13)14(19)16-11-6-4-10(8-15)5-7-11/h4-7,9H,3,8,15H2,1-2H3,(H,16,19). The summed E-state index contributed by atoms with van der Waals surface area (Å²) < 4.78 is 1.66. The molecule has 100 valence electrons. The number of nitrogens with zero attached hydrogens (tertiary/aromatic N) is 2. The summed E-state index contributed by atoms with van der Waals surface area (Å²) in [5.41, 5.74) is 8.75. The van der Waals surface area contributed by atoms with Gasteiger partial charge in [-0.15, -0.1) is 0 Å². The Hall–Kier alpha value is -2.14. The van der Waals surface area contributed by atoms with Gasteiger partial charge in [-0.05, 0) is 24.1 Å². The molecular weight excluding hydrogens is 240 g/mol. The van der Waals surface area contributed by atoms with Crippen LogP contribution in [-0.2, 0) is 20.0 Å². The summed E-state index contributed by atoms with van der Waals surface area (Å²) >= 11 is 0. The van der Waals surface area contributed by atoms with E-state index in [4.69, 9.17) is 5.73 Å². The maximum absolute atomic E-state index is 12.2. The van der Waals surface area contributed by atoms with E-state index in [2.05, 4.69) is 10.4 Å². The summed E-state index contributed by atoms with van der Waals surface area (Å²) in [6.45, 7) is 2.48. The Morgan fingerprint density at radius 2 is 2.05 bits per heavy atom. The van der Waals surface area contributed by atoms with Gasteiger partial charge in [0, 0.05) is 25.5 Å². The lowest BCUT2D eigenvalue weighted by molar-refractivity contribution is 0.102. The quantitative estimate of drug-likeness (QED) is 0.876. The molecule has 19 heavy (non-hydrogen) atoms. The molecule has 0 aliphatic heterocycles. The molecule has 2 rings (SSSR count). The summed E-state index contributed by atoms with van der Waals surface area (Å²) in [6, 6.07) is 7.50. The predicted octanol–water partition coefficient (Wildman–Crippen LogP) is 1.69. The lowest BCUT2D eigenvalue weighted by atomic mass is 10.1. The highest BCUT2D eigenvalue weighted by Crippen LogP contribution is 2.13. The minimum Gasteiger partial charge on any atom is -0.326 e. The number of hydrogen-bond acceptors (Lipinski definition) is 3. The first-order valence-corrected chi connectivity index (χ1v) is 6.27. The molecule has 3 N–H and O–H groups in total. The molecule has 1 heterocycles. The van der Waals surface area contributed by atoms with Gasteiger partial charge < -0.3 is 11.1 Å². The van der Waals surface area contributed by atoms with Gasteiger partial charge in [0.1, 0.15) is 0 Å². The summed E-state index contributed by atoms with van der Waals surface area (Å²) in [6.07, 6.45) is 2.47. The molecule has 0 aliphatic rings. The molecule has 0 bridgehead atoms. The second-order valence-electron chi connectivity index (χ2n) is 4.37. The van der Waals surface area contributed by atoms with Crippen molar-refractivity contribution in [2.45, 2.75) is 19.9 Å². The Morgan fingerprint density at radius 1 is 1.37 bits per heavy atom. The highest BCUT2D eigenvalue weighted by atomic mass is 16.1. The minimum atomic E-state index is -0.134. The van der Waals surface area contributed by atoms with Crippen molar-refractivity contribution in [3.8, 4) is 0 Å². The van der Waals surface area contributed by atoms with Crippen molar-refractivity contribution in [1.82, 2.24) is 9.78 Å². The van der Waals surface area contributed by atoms with Gasteiger partial charge in [0.2, 0.25) is 0 Å². The van der Waals surface area contributed by atoms with E-state index in [1.54, 1.807) is 10.9 Å². The number of aryl methyl sites for hydroxylation is 2. The van der Waals surface area contributed by atoms with Gasteiger partial charge in [-0.2, -0.15) is 5.10 Å². The molecule has 0 saturated carbocycles. The second kappa shape index (κ2) is 5.67. The highest BCUT2D eigenvalue weighted by molar-refractivity contribution is 6.04. The minimum absolute atomic E-state index is 0.134. The summed E-state index contributed by atoms with van der Waals surface area (Å²) in [5.74, 6) is -0.134. The number of aromatic nitrogens is 2. The fraction of sp³-hybridized carbons (Fsp3) is 0.286. The number of rotatable bonds is 4. The van der Waals surface area contributed by atoms with Gasteiger partial charge in [-0.3, -0.25) is 9.48 Å².